The normalized spacial score (nSPS) is 15.9. The molecule has 0 aliphatic rings. The lowest BCUT2D eigenvalue weighted by molar-refractivity contribution is 0.445. The zero-order chi connectivity index (χ0) is 9.56. The predicted octanol–water partition coefficient (Wildman–Crippen LogP) is 2.74. The van der Waals surface area contributed by atoms with Crippen molar-refractivity contribution in [2.75, 3.05) is 0 Å². The first-order chi connectivity index (χ1) is 5.63. The number of nitrogens with zero attached hydrogens (tertiary/aromatic N) is 1. The molecule has 0 fully saturated rings. The van der Waals surface area contributed by atoms with E-state index in [1.807, 2.05) is 0 Å². The van der Waals surface area contributed by atoms with Crippen LogP contribution in [0.1, 0.15) is 27.2 Å². The molecular formula is C9H17ClN2. The fraction of sp³-hybridized carbons (Fsp3) is 0.667. The van der Waals surface area contributed by atoms with Crippen LogP contribution in [0.5, 0.6) is 0 Å². The highest BCUT2D eigenvalue weighted by Gasteiger charge is 2.13. The standard InChI is InChI=1S/C9H17ClN2/c1-4-8(7(2)3)9(10)5-12-6-11/h5-8H,4H2,1-3H3,(H2,11,12)/b9-5+. The Morgan fingerprint density at radius 2 is 2.17 bits per heavy atom. The van der Waals surface area contributed by atoms with Gasteiger partial charge in [-0.15, -0.1) is 0 Å². The van der Waals surface area contributed by atoms with Crippen molar-refractivity contribution >= 4 is 17.9 Å². The number of rotatable bonds is 4. The Hall–Kier alpha value is -0.500. The average molecular weight is 189 g/mol. The Balaban J connectivity index is 4.30. The molecule has 2 nitrogen and oxygen atoms in total. The van der Waals surface area contributed by atoms with Crippen molar-refractivity contribution in [3.8, 4) is 0 Å². The molecule has 0 aliphatic carbocycles. The number of allylic oxidation sites excluding steroid dienone is 1. The quantitative estimate of drug-likeness (QED) is 0.535. The van der Waals surface area contributed by atoms with Crippen LogP contribution in [0.4, 0.5) is 0 Å². The van der Waals surface area contributed by atoms with E-state index in [9.17, 15) is 0 Å². The van der Waals surface area contributed by atoms with Crippen LogP contribution in [0.15, 0.2) is 16.2 Å². The molecule has 0 amide bonds. The van der Waals surface area contributed by atoms with Crippen molar-refractivity contribution in [3.63, 3.8) is 0 Å². The van der Waals surface area contributed by atoms with E-state index in [0.717, 1.165) is 11.5 Å². The smallest absolute Gasteiger partial charge is 0.0853 e. The summed E-state index contributed by atoms with van der Waals surface area (Å²) in [7, 11) is 0. The summed E-state index contributed by atoms with van der Waals surface area (Å²) in [5.41, 5.74) is 5.10. The summed E-state index contributed by atoms with van der Waals surface area (Å²) < 4.78 is 0. The third-order valence-electron chi connectivity index (χ3n) is 1.88. The van der Waals surface area contributed by atoms with Crippen molar-refractivity contribution in [2.24, 2.45) is 22.6 Å². The maximum Gasteiger partial charge on any atom is 0.0853 e. The Labute approximate surface area is 79.5 Å². The van der Waals surface area contributed by atoms with Crippen LogP contribution in [0, 0.1) is 11.8 Å². The lowest BCUT2D eigenvalue weighted by Crippen LogP contribution is -2.07. The fourth-order valence-corrected chi connectivity index (χ4v) is 1.66. The summed E-state index contributed by atoms with van der Waals surface area (Å²) in [5, 5.41) is 0.786. The van der Waals surface area contributed by atoms with Gasteiger partial charge >= 0.3 is 0 Å². The molecule has 0 saturated heterocycles. The van der Waals surface area contributed by atoms with Crippen LogP contribution in [-0.2, 0) is 0 Å². The van der Waals surface area contributed by atoms with E-state index >= 15 is 0 Å². The van der Waals surface area contributed by atoms with E-state index in [-0.39, 0.29) is 0 Å². The molecule has 0 aromatic heterocycles. The van der Waals surface area contributed by atoms with Gasteiger partial charge in [0, 0.05) is 11.2 Å². The third-order valence-corrected chi connectivity index (χ3v) is 2.26. The van der Waals surface area contributed by atoms with Gasteiger partial charge in [0.25, 0.3) is 0 Å². The highest BCUT2D eigenvalue weighted by atomic mass is 35.5. The van der Waals surface area contributed by atoms with E-state index in [4.69, 9.17) is 17.3 Å². The molecule has 0 bridgehead atoms. The Morgan fingerprint density at radius 3 is 2.50 bits per heavy atom. The third kappa shape index (κ3) is 3.77. The largest absolute Gasteiger partial charge is 0.390 e. The Kier molecular flexibility index (Phi) is 5.81. The molecule has 3 heteroatoms. The van der Waals surface area contributed by atoms with Gasteiger partial charge in [0.15, 0.2) is 0 Å². The van der Waals surface area contributed by atoms with Gasteiger partial charge in [-0.1, -0.05) is 32.4 Å². The van der Waals surface area contributed by atoms with Gasteiger partial charge < -0.3 is 5.73 Å². The van der Waals surface area contributed by atoms with E-state index in [1.165, 1.54) is 6.34 Å². The monoisotopic (exact) mass is 188 g/mol. The van der Waals surface area contributed by atoms with Gasteiger partial charge in [-0.2, -0.15) is 0 Å². The summed E-state index contributed by atoms with van der Waals surface area (Å²) in [6, 6.07) is 0. The highest BCUT2D eigenvalue weighted by molar-refractivity contribution is 6.29. The molecule has 0 aromatic carbocycles. The molecule has 0 rings (SSSR count). The molecule has 1 unspecified atom stereocenters. The van der Waals surface area contributed by atoms with Crippen molar-refractivity contribution in [1.29, 1.82) is 0 Å². The zero-order valence-electron chi connectivity index (χ0n) is 7.92. The molecule has 0 aliphatic heterocycles. The number of aliphatic imine (C=N–C) groups is 1. The number of nitrogens with two attached hydrogens (primary N) is 1. The second-order valence-electron chi connectivity index (χ2n) is 3.07. The molecule has 0 heterocycles. The van der Waals surface area contributed by atoms with E-state index in [1.54, 1.807) is 6.20 Å². The summed E-state index contributed by atoms with van der Waals surface area (Å²) in [6.45, 7) is 6.42. The summed E-state index contributed by atoms with van der Waals surface area (Å²) in [5.74, 6) is 0.946. The molecular weight excluding hydrogens is 172 g/mol. The second kappa shape index (κ2) is 6.06. The minimum absolute atomic E-state index is 0.398. The van der Waals surface area contributed by atoms with Gasteiger partial charge in [-0.05, 0) is 18.3 Å². The van der Waals surface area contributed by atoms with Crippen molar-refractivity contribution in [1.82, 2.24) is 0 Å². The molecule has 70 valence electrons. The molecule has 2 N–H and O–H groups in total. The van der Waals surface area contributed by atoms with Crippen LogP contribution in [0.3, 0.4) is 0 Å². The highest BCUT2D eigenvalue weighted by Crippen LogP contribution is 2.26. The van der Waals surface area contributed by atoms with Crippen LogP contribution in [-0.4, -0.2) is 6.34 Å². The molecule has 0 radical (unpaired) electrons. The topological polar surface area (TPSA) is 38.4 Å². The minimum atomic E-state index is 0.398. The summed E-state index contributed by atoms with van der Waals surface area (Å²) >= 11 is 6.01. The van der Waals surface area contributed by atoms with Crippen molar-refractivity contribution < 1.29 is 0 Å². The maximum absolute atomic E-state index is 6.01. The number of hydrogen-bond donors (Lipinski definition) is 1. The lowest BCUT2D eigenvalue weighted by atomic mass is 9.93. The van der Waals surface area contributed by atoms with Gasteiger partial charge in [0.1, 0.15) is 0 Å². The van der Waals surface area contributed by atoms with Gasteiger partial charge in [-0.25, -0.2) is 4.99 Å². The van der Waals surface area contributed by atoms with E-state index < -0.39 is 0 Å². The van der Waals surface area contributed by atoms with Crippen LogP contribution >= 0.6 is 11.6 Å². The van der Waals surface area contributed by atoms with Crippen molar-refractivity contribution in [2.45, 2.75) is 27.2 Å². The number of hydrogen-bond acceptors (Lipinski definition) is 1. The van der Waals surface area contributed by atoms with Gasteiger partial charge in [-0.3, -0.25) is 0 Å². The van der Waals surface area contributed by atoms with Crippen LogP contribution in [0.2, 0.25) is 0 Å². The molecule has 1 atom stereocenters. The summed E-state index contributed by atoms with van der Waals surface area (Å²) in [4.78, 5) is 3.78. The van der Waals surface area contributed by atoms with Crippen molar-refractivity contribution in [3.05, 3.63) is 11.2 Å². The first kappa shape index (κ1) is 11.5. The zero-order valence-corrected chi connectivity index (χ0v) is 8.67. The van der Waals surface area contributed by atoms with Gasteiger partial charge in [0.2, 0.25) is 0 Å². The Bertz CT molecular complexity index is 173. The predicted molar refractivity (Wildman–Crippen MR) is 55.2 cm³/mol. The maximum atomic E-state index is 6.01. The van der Waals surface area contributed by atoms with Crippen LogP contribution in [0.25, 0.3) is 0 Å². The van der Waals surface area contributed by atoms with Crippen LogP contribution < -0.4 is 5.73 Å². The van der Waals surface area contributed by atoms with E-state index in [0.29, 0.717) is 11.8 Å². The fourth-order valence-electron chi connectivity index (χ4n) is 1.19. The minimum Gasteiger partial charge on any atom is -0.390 e. The Morgan fingerprint density at radius 1 is 1.58 bits per heavy atom. The first-order valence-corrected chi connectivity index (χ1v) is 4.60. The lowest BCUT2D eigenvalue weighted by Gasteiger charge is -2.17. The SMILES string of the molecule is CCC(/C(Cl)=C\N=C/N)C(C)C. The average Bonchev–Trinajstić information content (AvgIpc) is 2.01. The van der Waals surface area contributed by atoms with E-state index in [2.05, 4.69) is 25.8 Å². The summed E-state index contributed by atoms with van der Waals surface area (Å²) in [6.07, 6.45) is 3.90. The van der Waals surface area contributed by atoms with Gasteiger partial charge in [0.05, 0.1) is 6.34 Å². The molecule has 0 aromatic rings. The second-order valence-corrected chi connectivity index (χ2v) is 3.51. The molecule has 12 heavy (non-hydrogen) atoms. The molecule has 0 spiro atoms. The number of halogens is 1. The first-order valence-electron chi connectivity index (χ1n) is 4.22. The molecule has 0 saturated carbocycles.